The van der Waals surface area contributed by atoms with Crippen molar-refractivity contribution in [1.29, 1.82) is 0 Å². The maximum absolute atomic E-state index is 12.8. The number of hydrogen-bond donors (Lipinski definition) is 2. The second-order valence-electron chi connectivity index (χ2n) is 6.62. The van der Waals surface area contributed by atoms with Crippen molar-refractivity contribution in [2.24, 2.45) is 0 Å². The molecule has 2 heterocycles. The minimum absolute atomic E-state index is 0.177. The average Bonchev–Trinajstić information content (AvgIpc) is 3.24. The van der Waals surface area contributed by atoms with Crippen LogP contribution in [0.1, 0.15) is 44.7 Å². The summed E-state index contributed by atoms with van der Waals surface area (Å²) < 4.78 is 3.41. The largest absolute Gasteiger partial charge is 0.354 e. The van der Waals surface area contributed by atoms with E-state index in [2.05, 4.69) is 20.8 Å². The standard InChI is InChI=1S/C20H23ClN6O2/c1-5-26-11-16(18(25-26)20(29)22-4)23-19(28)15-8-6-7-14(9-15)10-27-13(3)17(21)12(2)24-27/h6-9,11H,5,10H2,1-4H3,(H,22,29)(H,23,28). The van der Waals surface area contributed by atoms with E-state index in [4.69, 9.17) is 11.6 Å². The zero-order valence-electron chi connectivity index (χ0n) is 16.8. The Labute approximate surface area is 173 Å². The lowest BCUT2D eigenvalue weighted by Gasteiger charge is -2.08. The van der Waals surface area contributed by atoms with Crippen molar-refractivity contribution >= 4 is 29.1 Å². The third kappa shape index (κ3) is 4.32. The van der Waals surface area contributed by atoms with E-state index < -0.39 is 0 Å². The molecule has 0 aliphatic carbocycles. The number of aryl methyl sites for hydroxylation is 2. The molecule has 3 aromatic rings. The molecule has 8 nitrogen and oxygen atoms in total. The van der Waals surface area contributed by atoms with Crippen LogP contribution in [0, 0.1) is 13.8 Å². The molecule has 0 bridgehead atoms. The van der Waals surface area contributed by atoms with Crippen molar-refractivity contribution in [2.75, 3.05) is 12.4 Å². The van der Waals surface area contributed by atoms with Gasteiger partial charge in [-0.25, -0.2) is 0 Å². The van der Waals surface area contributed by atoms with E-state index in [1.54, 1.807) is 23.0 Å². The summed E-state index contributed by atoms with van der Waals surface area (Å²) in [5.74, 6) is -0.679. The Bertz CT molecular complexity index is 1070. The van der Waals surface area contributed by atoms with Crippen LogP contribution < -0.4 is 10.6 Å². The van der Waals surface area contributed by atoms with Gasteiger partial charge in [0.25, 0.3) is 11.8 Å². The van der Waals surface area contributed by atoms with Gasteiger partial charge in [0, 0.05) is 25.4 Å². The smallest absolute Gasteiger partial charge is 0.273 e. The Morgan fingerprint density at radius 3 is 2.55 bits per heavy atom. The molecular weight excluding hydrogens is 392 g/mol. The molecule has 2 N–H and O–H groups in total. The number of nitrogens with one attached hydrogen (secondary N) is 2. The maximum atomic E-state index is 12.8. The van der Waals surface area contributed by atoms with E-state index in [-0.39, 0.29) is 17.5 Å². The van der Waals surface area contributed by atoms with Crippen LogP contribution in [0.15, 0.2) is 30.5 Å². The van der Waals surface area contributed by atoms with Gasteiger partial charge < -0.3 is 10.6 Å². The predicted octanol–water partition coefficient (Wildman–Crippen LogP) is 3.03. The Morgan fingerprint density at radius 1 is 1.17 bits per heavy atom. The molecule has 29 heavy (non-hydrogen) atoms. The van der Waals surface area contributed by atoms with E-state index in [0.717, 1.165) is 17.0 Å². The highest BCUT2D eigenvalue weighted by Crippen LogP contribution is 2.20. The number of amides is 2. The molecule has 0 aliphatic heterocycles. The van der Waals surface area contributed by atoms with Crippen molar-refractivity contribution in [3.63, 3.8) is 0 Å². The van der Waals surface area contributed by atoms with E-state index in [0.29, 0.717) is 29.4 Å². The molecule has 0 atom stereocenters. The van der Waals surface area contributed by atoms with Gasteiger partial charge >= 0.3 is 0 Å². The molecule has 0 unspecified atom stereocenters. The van der Waals surface area contributed by atoms with Crippen molar-refractivity contribution in [3.05, 3.63) is 63.7 Å². The van der Waals surface area contributed by atoms with Crippen LogP contribution in [0.5, 0.6) is 0 Å². The molecule has 2 amide bonds. The molecule has 3 rings (SSSR count). The third-order valence-electron chi connectivity index (χ3n) is 4.59. The van der Waals surface area contributed by atoms with Crippen LogP contribution in [0.4, 0.5) is 5.69 Å². The van der Waals surface area contributed by atoms with Crippen LogP contribution >= 0.6 is 11.6 Å². The maximum Gasteiger partial charge on any atom is 0.273 e. The quantitative estimate of drug-likeness (QED) is 0.648. The van der Waals surface area contributed by atoms with Crippen molar-refractivity contribution < 1.29 is 9.59 Å². The van der Waals surface area contributed by atoms with Crippen LogP contribution in [-0.4, -0.2) is 38.4 Å². The summed E-state index contributed by atoms with van der Waals surface area (Å²) in [5.41, 5.74) is 3.58. The highest BCUT2D eigenvalue weighted by Gasteiger charge is 2.18. The predicted molar refractivity (Wildman–Crippen MR) is 111 cm³/mol. The fourth-order valence-electron chi connectivity index (χ4n) is 2.97. The number of rotatable bonds is 6. The SMILES string of the molecule is CCn1cc(NC(=O)c2cccc(Cn3nc(C)c(Cl)c3C)c2)c(C(=O)NC)n1. The zero-order chi connectivity index (χ0) is 21.1. The summed E-state index contributed by atoms with van der Waals surface area (Å²) in [6.45, 7) is 6.75. The first-order valence-electron chi connectivity index (χ1n) is 9.23. The lowest BCUT2D eigenvalue weighted by Crippen LogP contribution is -2.21. The summed E-state index contributed by atoms with van der Waals surface area (Å²) in [5, 5.41) is 14.6. The van der Waals surface area contributed by atoms with Crippen LogP contribution in [0.2, 0.25) is 5.02 Å². The first-order chi connectivity index (χ1) is 13.8. The van der Waals surface area contributed by atoms with Crippen LogP contribution in [0.25, 0.3) is 0 Å². The molecule has 0 saturated carbocycles. The Hall–Kier alpha value is -3.13. The van der Waals surface area contributed by atoms with Gasteiger partial charge in [0.1, 0.15) is 0 Å². The molecule has 0 radical (unpaired) electrons. The minimum atomic E-state index is -0.359. The molecule has 2 aromatic heterocycles. The first-order valence-corrected chi connectivity index (χ1v) is 9.61. The molecule has 0 fully saturated rings. The first kappa shape index (κ1) is 20.6. The third-order valence-corrected chi connectivity index (χ3v) is 5.14. The molecule has 1 aromatic carbocycles. The summed E-state index contributed by atoms with van der Waals surface area (Å²) in [4.78, 5) is 24.8. The molecule has 0 aliphatic rings. The number of aromatic nitrogens is 4. The number of carbonyl (C=O) groups excluding carboxylic acids is 2. The van der Waals surface area contributed by atoms with Gasteiger partial charge in [-0.05, 0) is 38.5 Å². The average molecular weight is 415 g/mol. The van der Waals surface area contributed by atoms with Crippen LogP contribution in [0.3, 0.4) is 0 Å². The van der Waals surface area contributed by atoms with E-state index >= 15 is 0 Å². The number of halogens is 1. The minimum Gasteiger partial charge on any atom is -0.354 e. The number of hydrogen-bond acceptors (Lipinski definition) is 4. The lowest BCUT2D eigenvalue weighted by atomic mass is 10.1. The highest BCUT2D eigenvalue weighted by molar-refractivity contribution is 6.31. The number of nitrogens with zero attached hydrogens (tertiary/aromatic N) is 4. The van der Waals surface area contributed by atoms with Gasteiger partial charge in [0.2, 0.25) is 0 Å². The normalized spacial score (nSPS) is 10.8. The number of carbonyl (C=O) groups is 2. The summed E-state index contributed by atoms with van der Waals surface area (Å²) in [6.07, 6.45) is 1.64. The Kier molecular flexibility index (Phi) is 6.03. The van der Waals surface area contributed by atoms with Gasteiger partial charge in [-0.3, -0.25) is 19.0 Å². The summed E-state index contributed by atoms with van der Waals surface area (Å²) in [6, 6.07) is 7.25. The molecular formula is C20H23ClN6O2. The zero-order valence-corrected chi connectivity index (χ0v) is 17.5. The monoisotopic (exact) mass is 414 g/mol. The lowest BCUT2D eigenvalue weighted by molar-refractivity contribution is 0.0958. The summed E-state index contributed by atoms with van der Waals surface area (Å²) in [7, 11) is 1.52. The fraction of sp³-hybridized carbons (Fsp3) is 0.300. The van der Waals surface area contributed by atoms with Crippen molar-refractivity contribution in [2.45, 2.75) is 33.9 Å². The van der Waals surface area contributed by atoms with E-state index in [9.17, 15) is 9.59 Å². The second kappa shape index (κ2) is 8.48. The van der Waals surface area contributed by atoms with Gasteiger partial charge in [-0.1, -0.05) is 23.7 Å². The summed E-state index contributed by atoms with van der Waals surface area (Å²) >= 11 is 6.21. The number of anilines is 1. The Balaban J connectivity index is 1.82. The van der Waals surface area contributed by atoms with E-state index in [1.165, 1.54) is 7.05 Å². The van der Waals surface area contributed by atoms with Crippen molar-refractivity contribution in [1.82, 2.24) is 24.9 Å². The topological polar surface area (TPSA) is 93.8 Å². The molecule has 0 spiro atoms. The molecule has 152 valence electrons. The van der Waals surface area contributed by atoms with Gasteiger partial charge in [-0.15, -0.1) is 0 Å². The second-order valence-corrected chi connectivity index (χ2v) is 7.00. The van der Waals surface area contributed by atoms with E-state index in [1.807, 2.05) is 37.6 Å². The molecule has 0 saturated heterocycles. The van der Waals surface area contributed by atoms with Gasteiger partial charge in [-0.2, -0.15) is 10.2 Å². The Morgan fingerprint density at radius 2 is 1.93 bits per heavy atom. The molecule has 9 heteroatoms. The van der Waals surface area contributed by atoms with Crippen molar-refractivity contribution in [3.8, 4) is 0 Å². The van der Waals surface area contributed by atoms with Gasteiger partial charge in [0.15, 0.2) is 5.69 Å². The van der Waals surface area contributed by atoms with Gasteiger partial charge in [0.05, 0.1) is 28.6 Å². The number of benzene rings is 1. The fourth-order valence-corrected chi connectivity index (χ4v) is 3.10. The van der Waals surface area contributed by atoms with Crippen LogP contribution in [-0.2, 0) is 13.1 Å². The highest BCUT2D eigenvalue weighted by atomic mass is 35.5.